The molecule has 0 bridgehead atoms. The van der Waals surface area contributed by atoms with Gasteiger partial charge in [0, 0.05) is 18.8 Å². The number of ether oxygens (including phenoxy) is 3. The first-order valence-corrected chi connectivity index (χ1v) is 12.5. The van der Waals surface area contributed by atoms with E-state index in [2.05, 4.69) is 4.99 Å². The van der Waals surface area contributed by atoms with Crippen LogP contribution in [-0.2, 0) is 19.0 Å². The molecule has 0 N–H and O–H groups in total. The minimum Gasteiger partial charge on any atom is -0.447 e. The molecule has 4 rings (SSSR count). The number of hydrogen-bond acceptors (Lipinski definition) is 5. The molecule has 1 amide bonds. The van der Waals surface area contributed by atoms with Gasteiger partial charge in [-0.25, -0.2) is 9.38 Å². The number of hydrogen-bond donors (Lipinski definition) is 0. The van der Waals surface area contributed by atoms with Crippen LogP contribution < -0.4 is 0 Å². The lowest BCUT2D eigenvalue weighted by Crippen LogP contribution is -2.49. The molecule has 4 aliphatic rings. The van der Waals surface area contributed by atoms with E-state index in [1.807, 2.05) is 0 Å². The minimum absolute atomic E-state index is 0.0192. The van der Waals surface area contributed by atoms with Crippen molar-refractivity contribution in [3.63, 3.8) is 0 Å². The first kappa shape index (κ1) is 23.1. The zero-order valence-corrected chi connectivity index (χ0v) is 19.4. The maximum absolute atomic E-state index is 14.2. The fraction of sp³-hybridized carbons (Fsp3) is 0.913. The molecule has 31 heavy (non-hydrogen) atoms. The van der Waals surface area contributed by atoms with Gasteiger partial charge in [-0.05, 0) is 58.3 Å². The molecule has 0 radical (unpaired) electrons. The molecular formula is C23H36ClFN2O4. The highest BCUT2D eigenvalue weighted by atomic mass is 35.5. The second kappa shape index (κ2) is 10.2. The van der Waals surface area contributed by atoms with Crippen molar-refractivity contribution in [1.29, 1.82) is 0 Å². The van der Waals surface area contributed by atoms with Crippen molar-refractivity contribution in [2.24, 2.45) is 4.99 Å². The van der Waals surface area contributed by atoms with Crippen LogP contribution >= 0.6 is 11.6 Å². The molecule has 6 atom stereocenters. The van der Waals surface area contributed by atoms with Gasteiger partial charge < -0.3 is 19.1 Å². The van der Waals surface area contributed by atoms with Crippen LogP contribution in [0.15, 0.2) is 4.99 Å². The summed E-state index contributed by atoms with van der Waals surface area (Å²) >= 11 is 6.24. The van der Waals surface area contributed by atoms with E-state index in [9.17, 15) is 9.18 Å². The van der Waals surface area contributed by atoms with Gasteiger partial charge in [-0.2, -0.15) is 0 Å². The molecule has 3 saturated carbocycles. The first-order valence-electron chi connectivity index (χ1n) is 12.0. The Hall–Kier alpha value is -1.08. The molecule has 0 saturated heterocycles. The molecule has 176 valence electrons. The standard InChI is InChI=1S/C23H36ClFN2O4/c1-14(22(28)27(2)20-6-4-3-5-18(20)25)29-16-8-10-17(11-9-16)30-23-26-19-12-7-15(24)13-21(19)31-23/h14-21H,3-13H2,1-2H3. The van der Waals surface area contributed by atoms with Crippen LogP contribution in [-0.4, -0.2) is 72.0 Å². The normalized spacial score (nSPS) is 39.1. The van der Waals surface area contributed by atoms with Gasteiger partial charge in [-0.1, -0.05) is 12.8 Å². The van der Waals surface area contributed by atoms with Gasteiger partial charge in [0.1, 0.15) is 24.5 Å². The largest absolute Gasteiger partial charge is 0.447 e. The lowest BCUT2D eigenvalue weighted by molar-refractivity contribution is -0.151. The average Bonchev–Trinajstić information content (AvgIpc) is 3.15. The molecule has 3 aliphatic carbocycles. The van der Waals surface area contributed by atoms with E-state index in [-0.39, 0.29) is 41.7 Å². The Labute approximate surface area is 189 Å². The third kappa shape index (κ3) is 5.65. The Bertz CT molecular complexity index is 657. The lowest BCUT2D eigenvalue weighted by atomic mass is 9.92. The lowest BCUT2D eigenvalue weighted by Gasteiger charge is -2.36. The second-order valence-corrected chi connectivity index (χ2v) is 10.3. The summed E-state index contributed by atoms with van der Waals surface area (Å²) in [7, 11) is 1.71. The number of alkyl halides is 2. The molecule has 3 fully saturated rings. The number of amides is 1. The number of carbonyl (C=O) groups is 1. The summed E-state index contributed by atoms with van der Waals surface area (Å²) in [6.45, 7) is 1.78. The van der Waals surface area contributed by atoms with E-state index in [4.69, 9.17) is 25.8 Å². The van der Waals surface area contributed by atoms with Gasteiger partial charge in [-0.15, -0.1) is 11.6 Å². The zero-order valence-electron chi connectivity index (χ0n) is 18.7. The minimum atomic E-state index is -0.928. The number of likely N-dealkylation sites (N-methyl/N-ethyl adjacent to an activating group) is 1. The molecular weight excluding hydrogens is 423 g/mol. The molecule has 0 aromatic carbocycles. The third-order valence-electron chi connectivity index (χ3n) is 7.34. The van der Waals surface area contributed by atoms with Gasteiger partial charge >= 0.3 is 6.08 Å². The highest BCUT2D eigenvalue weighted by Gasteiger charge is 2.39. The van der Waals surface area contributed by atoms with Gasteiger partial charge in [0.05, 0.1) is 18.2 Å². The summed E-state index contributed by atoms with van der Waals surface area (Å²) < 4.78 is 32.2. The van der Waals surface area contributed by atoms with Gasteiger partial charge in [0.2, 0.25) is 0 Å². The predicted octanol–water partition coefficient (Wildman–Crippen LogP) is 4.37. The molecule has 0 aromatic rings. The van der Waals surface area contributed by atoms with Crippen molar-refractivity contribution in [2.75, 3.05) is 7.05 Å². The Morgan fingerprint density at radius 3 is 2.58 bits per heavy atom. The molecule has 0 spiro atoms. The summed E-state index contributed by atoms with van der Waals surface area (Å²) in [6, 6.07) is -0.136. The Balaban J connectivity index is 1.19. The van der Waals surface area contributed by atoms with Crippen molar-refractivity contribution in [1.82, 2.24) is 4.90 Å². The van der Waals surface area contributed by atoms with E-state index >= 15 is 0 Å². The zero-order chi connectivity index (χ0) is 22.0. The van der Waals surface area contributed by atoms with Crippen LogP contribution in [0.1, 0.15) is 77.6 Å². The Kier molecular flexibility index (Phi) is 7.63. The second-order valence-electron chi connectivity index (χ2n) is 9.64. The Morgan fingerprint density at radius 1 is 1.13 bits per heavy atom. The molecule has 1 heterocycles. The van der Waals surface area contributed by atoms with Crippen LogP contribution in [0.25, 0.3) is 0 Å². The number of nitrogens with zero attached hydrogens (tertiary/aromatic N) is 2. The quantitative estimate of drug-likeness (QED) is 0.574. The summed E-state index contributed by atoms with van der Waals surface area (Å²) in [6.07, 6.45) is 8.32. The fourth-order valence-electron chi connectivity index (χ4n) is 5.42. The Morgan fingerprint density at radius 2 is 1.84 bits per heavy atom. The molecule has 6 nitrogen and oxygen atoms in total. The smallest absolute Gasteiger partial charge is 0.384 e. The van der Waals surface area contributed by atoms with Crippen molar-refractivity contribution in [2.45, 2.75) is 126 Å². The number of halogens is 2. The van der Waals surface area contributed by atoms with Gasteiger partial charge in [0.15, 0.2) is 0 Å². The van der Waals surface area contributed by atoms with E-state index < -0.39 is 12.3 Å². The topological polar surface area (TPSA) is 60.4 Å². The number of rotatable bonds is 5. The van der Waals surface area contributed by atoms with Gasteiger partial charge in [0.25, 0.3) is 5.91 Å². The summed E-state index contributed by atoms with van der Waals surface area (Å²) in [4.78, 5) is 18.9. The summed E-state index contributed by atoms with van der Waals surface area (Å²) in [5.41, 5.74) is 0. The molecule has 1 aliphatic heterocycles. The van der Waals surface area contributed by atoms with Gasteiger partial charge in [-0.3, -0.25) is 4.79 Å². The molecule has 0 aromatic heterocycles. The molecule has 6 unspecified atom stereocenters. The van der Waals surface area contributed by atoms with Crippen LogP contribution in [0.4, 0.5) is 4.39 Å². The predicted molar refractivity (Wildman–Crippen MR) is 117 cm³/mol. The van der Waals surface area contributed by atoms with Crippen molar-refractivity contribution in [3.8, 4) is 0 Å². The van der Waals surface area contributed by atoms with E-state index in [0.717, 1.165) is 64.2 Å². The maximum atomic E-state index is 14.2. The number of fused-ring (bicyclic) bond motifs is 1. The van der Waals surface area contributed by atoms with Crippen LogP contribution in [0.5, 0.6) is 0 Å². The summed E-state index contributed by atoms with van der Waals surface area (Å²) in [5, 5.41) is 0.168. The van der Waals surface area contributed by atoms with E-state index in [0.29, 0.717) is 12.5 Å². The van der Waals surface area contributed by atoms with E-state index in [1.165, 1.54) is 0 Å². The maximum Gasteiger partial charge on any atom is 0.384 e. The van der Waals surface area contributed by atoms with Crippen LogP contribution in [0, 0.1) is 0 Å². The van der Waals surface area contributed by atoms with E-state index in [1.54, 1.807) is 18.9 Å². The van der Waals surface area contributed by atoms with Crippen molar-refractivity contribution < 1.29 is 23.4 Å². The summed E-state index contributed by atoms with van der Waals surface area (Å²) in [5.74, 6) is -0.123. The fourth-order valence-corrected chi connectivity index (χ4v) is 5.72. The highest BCUT2D eigenvalue weighted by Crippen LogP contribution is 2.33. The van der Waals surface area contributed by atoms with Crippen molar-refractivity contribution >= 4 is 23.6 Å². The number of carbonyl (C=O) groups excluding carboxylic acids is 1. The first-order chi connectivity index (χ1) is 14.9. The highest BCUT2D eigenvalue weighted by molar-refractivity contribution is 6.20. The van der Waals surface area contributed by atoms with Crippen LogP contribution in [0.2, 0.25) is 0 Å². The third-order valence-corrected chi connectivity index (χ3v) is 7.74. The molecule has 8 heteroatoms. The van der Waals surface area contributed by atoms with Crippen LogP contribution in [0.3, 0.4) is 0 Å². The monoisotopic (exact) mass is 458 g/mol. The SMILES string of the molecule is CC(OC1CCC(OC2=NC3CCC(Cl)CC3O2)CC1)C(=O)N(C)C1CCCCC1F. The number of aliphatic imine (C=N–C) groups is 1. The van der Waals surface area contributed by atoms with Crippen molar-refractivity contribution in [3.05, 3.63) is 0 Å². The average molecular weight is 459 g/mol.